The molecule has 0 aliphatic carbocycles. The van der Waals surface area contributed by atoms with E-state index in [1.165, 1.54) is 19.1 Å². The maximum absolute atomic E-state index is 13.6. The van der Waals surface area contributed by atoms with Crippen molar-refractivity contribution >= 4 is 39.7 Å². The van der Waals surface area contributed by atoms with Gasteiger partial charge in [-0.05, 0) is 56.5 Å². The Morgan fingerprint density at radius 2 is 1.59 bits per heavy atom. The highest BCUT2D eigenvalue weighted by Crippen LogP contribution is 2.37. The zero-order valence-corrected chi connectivity index (χ0v) is 18.5. The van der Waals surface area contributed by atoms with Crippen LogP contribution in [-0.4, -0.2) is 32.3 Å². The third-order valence-electron chi connectivity index (χ3n) is 6.07. The number of non-ortho nitro benzene ring substituents is 1. The zero-order valence-electron chi connectivity index (χ0n) is 18.5. The maximum Gasteiger partial charge on any atom is 0.269 e. The summed E-state index contributed by atoms with van der Waals surface area (Å²) in [6.45, 7) is 4.87. The van der Waals surface area contributed by atoms with E-state index in [0.717, 1.165) is 4.90 Å². The molecule has 0 saturated heterocycles. The Labute approximate surface area is 193 Å². The Morgan fingerprint density at radius 3 is 2.21 bits per heavy atom. The predicted molar refractivity (Wildman–Crippen MR) is 125 cm³/mol. The molecule has 9 nitrogen and oxygen atoms in total. The lowest BCUT2D eigenvalue weighted by molar-refractivity contribution is -0.384. The summed E-state index contributed by atoms with van der Waals surface area (Å²) in [5.41, 5.74) is 2.95. The molecule has 9 heteroatoms. The summed E-state index contributed by atoms with van der Waals surface area (Å²) in [4.78, 5) is 50.8. The van der Waals surface area contributed by atoms with Gasteiger partial charge in [-0.3, -0.25) is 24.5 Å². The van der Waals surface area contributed by atoms with E-state index in [2.05, 4.69) is 5.10 Å². The lowest BCUT2D eigenvalue weighted by Crippen LogP contribution is -2.41. The van der Waals surface area contributed by atoms with Crippen molar-refractivity contribution in [2.75, 3.05) is 4.90 Å². The number of benzene rings is 3. The highest BCUT2D eigenvalue weighted by atomic mass is 16.6. The summed E-state index contributed by atoms with van der Waals surface area (Å²) in [5.74, 6) is -1.15. The van der Waals surface area contributed by atoms with Gasteiger partial charge in [0.1, 0.15) is 0 Å². The van der Waals surface area contributed by atoms with Crippen molar-refractivity contribution in [3.8, 4) is 5.69 Å². The smallest absolute Gasteiger partial charge is 0.269 e. The number of hydrogen-bond acceptors (Lipinski definition) is 6. The van der Waals surface area contributed by atoms with E-state index in [0.29, 0.717) is 50.2 Å². The molecule has 0 spiro atoms. The molecule has 1 aromatic heterocycles. The number of rotatable bonds is 4. The molecule has 0 unspecified atom stereocenters. The van der Waals surface area contributed by atoms with Gasteiger partial charge >= 0.3 is 0 Å². The molecule has 0 radical (unpaired) electrons. The van der Waals surface area contributed by atoms with Gasteiger partial charge in [0.05, 0.1) is 27.7 Å². The number of amides is 2. The Kier molecular flexibility index (Phi) is 4.64. The van der Waals surface area contributed by atoms with Crippen molar-refractivity contribution in [1.82, 2.24) is 9.78 Å². The number of nitrogens with zero attached hydrogens (tertiary/aromatic N) is 4. The topological polar surface area (TPSA) is 115 Å². The predicted octanol–water partition coefficient (Wildman–Crippen LogP) is 4.55. The van der Waals surface area contributed by atoms with Crippen LogP contribution in [0.15, 0.2) is 54.6 Å². The first-order valence-corrected chi connectivity index (χ1v) is 10.5. The van der Waals surface area contributed by atoms with Gasteiger partial charge in [0.25, 0.3) is 17.5 Å². The van der Waals surface area contributed by atoms with E-state index < -0.39 is 16.7 Å². The number of Topliss-reactive ketones (excluding diaryl/α,β-unsaturated/α-hetero) is 1. The number of aryl methyl sites for hydroxylation is 1. The molecule has 0 bridgehead atoms. The number of nitro groups is 1. The number of aromatic nitrogens is 2. The Balaban J connectivity index is 1.66. The molecule has 0 saturated carbocycles. The van der Waals surface area contributed by atoms with Crippen LogP contribution in [0, 0.1) is 24.0 Å². The molecule has 2 heterocycles. The molecule has 168 valence electrons. The lowest BCUT2D eigenvalue weighted by Gasteiger charge is -2.28. The molecule has 0 atom stereocenters. The Bertz CT molecular complexity index is 1540. The first kappa shape index (κ1) is 21.2. The van der Waals surface area contributed by atoms with Crippen molar-refractivity contribution in [2.45, 2.75) is 20.8 Å². The van der Waals surface area contributed by atoms with E-state index in [1.54, 1.807) is 61.0 Å². The molecule has 1 aliphatic rings. The number of nitro benzene ring substituents is 1. The van der Waals surface area contributed by atoms with Crippen LogP contribution in [0.4, 0.5) is 11.4 Å². The fraction of sp³-hybridized carbons (Fsp3) is 0.120. The zero-order chi connectivity index (χ0) is 24.3. The largest absolute Gasteiger partial charge is 0.294 e. The maximum atomic E-state index is 13.6. The van der Waals surface area contributed by atoms with Gasteiger partial charge in [0.15, 0.2) is 5.78 Å². The second-order valence-corrected chi connectivity index (χ2v) is 8.10. The summed E-state index contributed by atoms with van der Waals surface area (Å²) in [5, 5.41) is 16.5. The second-order valence-electron chi connectivity index (χ2n) is 8.10. The van der Waals surface area contributed by atoms with Crippen molar-refractivity contribution < 1.29 is 19.3 Å². The first-order valence-electron chi connectivity index (χ1n) is 10.5. The van der Waals surface area contributed by atoms with Crippen LogP contribution in [0.2, 0.25) is 0 Å². The molecule has 0 fully saturated rings. The van der Waals surface area contributed by atoms with E-state index in [-0.39, 0.29) is 11.5 Å². The molecular weight excluding hydrogens is 436 g/mol. The van der Waals surface area contributed by atoms with Gasteiger partial charge in [-0.2, -0.15) is 5.10 Å². The molecule has 1 aliphatic heterocycles. The van der Waals surface area contributed by atoms with Gasteiger partial charge in [0, 0.05) is 34.2 Å². The molecule has 3 aromatic carbocycles. The fourth-order valence-electron chi connectivity index (χ4n) is 4.53. The average Bonchev–Trinajstić information content (AvgIpc) is 3.11. The monoisotopic (exact) mass is 454 g/mol. The highest BCUT2D eigenvalue weighted by Gasteiger charge is 2.37. The molecule has 5 rings (SSSR count). The van der Waals surface area contributed by atoms with Gasteiger partial charge in [-0.1, -0.05) is 12.1 Å². The molecule has 4 aromatic rings. The van der Waals surface area contributed by atoms with Gasteiger partial charge in [-0.25, -0.2) is 9.58 Å². The SMILES string of the molecule is CC(=O)c1ccc2c3c(cccc13)C(=O)N(c1c(C)nn(-c3ccc([N+](=O)[O-])cc3)c1C)C2=O. The molecule has 0 N–H and O–H groups in total. The van der Waals surface area contributed by atoms with Crippen LogP contribution >= 0.6 is 0 Å². The third kappa shape index (κ3) is 2.94. The van der Waals surface area contributed by atoms with Gasteiger partial charge < -0.3 is 0 Å². The summed E-state index contributed by atoms with van der Waals surface area (Å²) in [6.07, 6.45) is 0. The summed E-state index contributed by atoms with van der Waals surface area (Å²) >= 11 is 0. The summed E-state index contributed by atoms with van der Waals surface area (Å²) in [6, 6.07) is 14.1. The van der Waals surface area contributed by atoms with Crippen molar-refractivity contribution in [3.05, 3.63) is 92.8 Å². The fourth-order valence-corrected chi connectivity index (χ4v) is 4.53. The van der Waals surface area contributed by atoms with E-state index in [1.807, 2.05) is 0 Å². The lowest BCUT2D eigenvalue weighted by atomic mass is 9.90. The third-order valence-corrected chi connectivity index (χ3v) is 6.07. The molecule has 2 amide bonds. The van der Waals surface area contributed by atoms with Gasteiger partial charge in [-0.15, -0.1) is 0 Å². The quantitative estimate of drug-likeness (QED) is 0.193. The van der Waals surface area contributed by atoms with Crippen molar-refractivity contribution in [1.29, 1.82) is 0 Å². The summed E-state index contributed by atoms with van der Waals surface area (Å²) < 4.78 is 1.55. The number of hydrogen-bond donors (Lipinski definition) is 0. The molecule has 34 heavy (non-hydrogen) atoms. The number of carbonyl (C=O) groups excluding carboxylic acids is 3. The van der Waals surface area contributed by atoms with E-state index >= 15 is 0 Å². The van der Waals surface area contributed by atoms with Gasteiger partial charge in [0.2, 0.25) is 0 Å². The van der Waals surface area contributed by atoms with Crippen LogP contribution in [0.1, 0.15) is 49.4 Å². The Hall–Kier alpha value is -4.66. The van der Waals surface area contributed by atoms with Crippen LogP contribution < -0.4 is 4.90 Å². The first-order chi connectivity index (χ1) is 16.2. The molecular formula is C25H18N4O5. The van der Waals surface area contributed by atoms with E-state index in [4.69, 9.17) is 0 Å². The minimum atomic E-state index is -0.502. The minimum absolute atomic E-state index is 0.0541. The van der Waals surface area contributed by atoms with Crippen LogP contribution in [-0.2, 0) is 0 Å². The summed E-state index contributed by atoms with van der Waals surface area (Å²) in [7, 11) is 0. The van der Waals surface area contributed by atoms with E-state index in [9.17, 15) is 24.5 Å². The number of carbonyl (C=O) groups is 3. The van der Waals surface area contributed by atoms with Crippen molar-refractivity contribution in [2.24, 2.45) is 0 Å². The standard InChI is InChI=1S/C25H18N4O5/c1-13-23(14(2)28(26-13)16-7-9-17(10-8-16)29(33)34)27-24(31)20-6-4-5-19-18(15(3)30)11-12-21(22(19)20)25(27)32/h4-12H,1-3H3. The number of ketones is 1. The highest BCUT2D eigenvalue weighted by molar-refractivity contribution is 6.37. The number of anilines is 1. The van der Waals surface area contributed by atoms with Crippen molar-refractivity contribution in [3.63, 3.8) is 0 Å². The second kappa shape index (κ2) is 7.45. The average molecular weight is 454 g/mol. The van der Waals surface area contributed by atoms with Crippen LogP contribution in [0.3, 0.4) is 0 Å². The normalized spacial score (nSPS) is 13.0. The number of imide groups is 1. The minimum Gasteiger partial charge on any atom is -0.294 e. The van der Waals surface area contributed by atoms with Crippen LogP contribution in [0.25, 0.3) is 16.5 Å². The van der Waals surface area contributed by atoms with Crippen LogP contribution in [0.5, 0.6) is 0 Å². The Morgan fingerprint density at radius 1 is 0.941 bits per heavy atom.